The number of rotatable bonds is 2. The summed E-state index contributed by atoms with van der Waals surface area (Å²) in [5, 5.41) is 3.61. The van der Waals surface area contributed by atoms with E-state index in [2.05, 4.69) is 5.32 Å². The molecule has 0 aromatic heterocycles. The van der Waals surface area contributed by atoms with Gasteiger partial charge in [0.2, 0.25) is 0 Å². The van der Waals surface area contributed by atoms with Crippen molar-refractivity contribution >= 4 is 11.6 Å². The molecule has 0 spiro atoms. The predicted molar refractivity (Wildman–Crippen MR) is 61.3 cm³/mol. The molecule has 16 heavy (non-hydrogen) atoms. The maximum absolute atomic E-state index is 12.9. The molecule has 1 aliphatic rings. The lowest BCUT2D eigenvalue weighted by molar-refractivity contribution is 0.149. The molecule has 0 aliphatic carbocycles. The van der Waals surface area contributed by atoms with Gasteiger partial charge in [-0.1, -0.05) is 17.7 Å². The van der Waals surface area contributed by atoms with Crippen LogP contribution in [0.3, 0.4) is 0 Å². The van der Waals surface area contributed by atoms with Crippen LogP contribution < -0.4 is 5.32 Å². The highest BCUT2D eigenvalue weighted by molar-refractivity contribution is 6.30. The Labute approximate surface area is 98.8 Å². The summed E-state index contributed by atoms with van der Waals surface area (Å²) in [5.74, 6) is 0.238. The monoisotopic (exact) mass is 245 g/mol. The van der Waals surface area contributed by atoms with Crippen LogP contribution in [0.4, 0.5) is 8.78 Å². The fourth-order valence-electron chi connectivity index (χ4n) is 2.24. The minimum Gasteiger partial charge on any atom is -0.317 e. The van der Waals surface area contributed by atoms with Gasteiger partial charge in [0.05, 0.1) is 0 Å². The van der Waals surface area contributed by atoms with Crippen molar-refractivity contribution in [1.29, 1.82) is 0 Å². The first kappa shape index (κ1) is 11.8. The lowest BCUT2D eigenvalue weighted by atomic mass is 9.87. The normalized spacial score (nSPS) is 18.0. The molecule has 1 aromatic rings. The highest BCUT2D eigenvalue weighted by atomic mass is 35.5. The van der Waals surface area contributed by atoms with Crippen molar-refractivity contribution < 1.29 is 8.78 Å². The molecule has 0 atom stereocenters. The molecule has 0 bridgehead atoms. The van der Waals surface area contributed by atoms with Gasteiger partial charge in [-0.3, -0.25) is 0 Å². The van der Waals surface area contributed by atoms with E-state index in [1.165, 1.54) is 6.07 Å². The number of hydrogen-bond donors (Lipinski definition) is 1. The predicted octanol–water partition coefficient (Wildman–Crippen LogP) is 3.74. The third kappa shape index (κ3) is 2.53. The van der Waals surface area contributed by atoms with Crippen molar-refractivity contribution in [2.75, 3.05) is 13.1 Å². The molecule has 0 unspecified atom stereocenters. The van der Waals surface area contributed by atoms with E-state index in [4.69, 9.17) is 11.6 Å². The van der Waals surface area contributed by atoms with Crippen LogP contribution in [0.1, 0.15) is 36.3 Å². The number of nitrogens with one attached hydrogen (secondary N) is 1. The van der Waals surface area contributed by atoms with Gasteiger partial charge in [0.15, 0.2) is 0 Å². The maximum Gasteiger partial charge on any atom is 0.264 e. The zero-order valence-corrected chi connectivity index (χ0v) is 9.61. The largest absolute Gasteiger partial charge is 0.317 e. The second-order valence-corrected chi connectivity index (χ2v) is 4.53. The molecule has 1 fully saturated rings. The van der Waals surface area contributed by atoms with Crippen molar-refractivity contribution in [1.82, 2.24) is 5.32 Å². The molecule has 4 heteroatoms. The van der Waals surface area contributed by atoms with Gasteiger partial charge in [-0.2, -0.15) is 0 Å². The van der Waals surface area contributed by atoms with Crippen LogP contribution in [0, 0.1) is 0 Å². The van der Waals surface area contributed by atoms with E-state index in [0.29, 0.717) is 5.02 Å². The average molecular weight is 246 g/mol. The quantitative estimate of drug-likeness (QED) is 0.837. The summed E-state index contributed by atoms with van der Waals surface area (Å²) in [4.78, 5) is 0. The van der Waals surface area contributed by atoms with Crippen LogP contribution >= 0.6 is 11.6 Å². The number of benzene rings is 1. The Balaban J connectivity index is 2.31. The summed E-state index contributed by atoms with van der Waals surface area (Å²) >= 11 is 5.75. The lowest BCUT2D eigenvalue weighted by Gasteiger charge is -2.25. The van der Waals surface area contributed by atoms with E-state index >= 15 is 0 Å². The van der Waals surface area contributed by atoms with E-state index in [1.54, 1.807) is 12.1 Å². The van der Waals surface area contributed by atoms with Gasteiger partial charge >= 0.3 is 0 Å². The SMILES string of the molecule is FC(F)c1cc(Cl)ccc1C1CCNCC1. The maximum atomic E-state index is 12.9. The highest BCUT2D eigenvalue weighted by Crippen LogP contribution is 2.34. The average Bonchev–Trinajstić information content (AvgIpc) is 2.30. The number of alkyl halides is 2. The van der Waals surface area contributed by atoms with E-state index in [1.807, 2.05) is 0 Å². The van der Waals surface area contributed by atoms with Gasteiger partial charge in [0.25, 0.3) is 6.43 Å². The second kappa shape index (κ2) is 5.11. The van der Waals surface area contributed by atoms with Gasteiger partial charge < -0.3 is 5.32 Å². The van der Waals surface area contributed by atoms with Crippen molar-refractivity contribution in [3.05, 3.63) is 34.3 Å². The number of hydrogen-bond acceptors (Lipinski definition) is 1. The molecule has 0 saturated carbocycles. The Hall–Kier alpha value is -0.670. The third-order valence-corrected chi connectivity index (χ3v) is 3.30. The molecule has 1 aliphatic heterocycles. The highest BCUT2D eigenvalue weighted by Gasteiger charge is 2.22. The summed E-state index contributed by atoms with van der Waals surface area (Å²) in [5.41, 5.74) is 0.861. The molecule has 88 valence electrons. The van der Waals surface area contributed by atoms with E-state index in [0.717, 1.165) is 31.5 Å². The molecular formula is C12H14ClF2N. The summed E-state index contributed by atoms with van der Waals surface area (Å²) in [6.07, 6.45) is -0.605. The van der Waals surface area contributed by atoms with Gasteiger partial charge in [0, 0.05) is 10.6 Å². The van der Waals surface area contributed by atoms with Crippen molar-refractivity contribution in [3.63, 3.8) is 0 Å². The van der Waals surface area contributed by atoms with Crippen molar-refractivity contribution in [3.8, 4) is 0 Å². The minimum atomic E-state index is -2.44. The smallest absolute Gasteiger partial charge is 0.264 e. The molecule has 1 aromatic carbocycles. The van der Waals surface area contributed by atoms with Crippen molar-refractivity contribution in [2.45, 2.75) is 25.2 Å². The first-order valence-electron chi connectivity index (χ1n) is 5.46. The van der Waals surface area contributed by atoms with Gasteiger partial charge in [0.1, 0.15) is 0 Å². The van der Waals surface area contributed by atoms with Crippen LogP contribution in [-0.2, 0) is 0 Å². The van der Waals surface area contributed by atoms with Gasteiger partial charge in [-0.05, 0) is 49.5 Å². The fourth-order valence-corrected chi connectivity index (χ4v) is 2.42. The molecule has 0 radical (unpaired) electrons. The van der Waals surface area contributed by atoms with E-state index in [9.17, 15) is 8.78 Å². The molecule has 1 nitrogen and oxygen atoms in total. The summed E-state index contributed by atoms with van der Waals surface area (Å²) in [6.45, 7) is 1.80. The standard InChI is InChI=1S/C12H14ClF2N/c13-9-1-2-10(11(7-9)12(14)15)8-3-5-16-6-4-8/h1-2,7-8,12,16H,3-6H2. The van der Waals surface area contributed by atoms with E-state index < -0.39 is 6.43 Å². The Morgan fingerprint density at radius 2 is 1.94 bits per heavy atom. The Kier molecular flexibility index (Phi) is 3.77. The summed E-state index contributed by atoms with van der Waals surface area (Å²) < 4.78 is 25.8. The lowest BCUT2D eigenvalue weighted by Crippen LogP contribution is -2.27. The van der Waals surface area contributed by atoms with Crippen LogP contribution in [0.25, 0.3) is 0 Å². The number of piperidine rings is 1. The molecule has 1 heterocycles. The second-order valence-electron chi connectivity index (χ2n) is 4.10. The third-order valence-electron chi connectivity index (χ3n) is 3.06. The first-order valence-corrected chi connectivity index (χ1v) is 5.84. The van der Waals surface area contributed by atoms with Crippen molar-refractivity contribution in [2.24, 2.45) is 0 Å². The Morgan fingerprint density at radius 1 is 1.25 bits per heavy atom. The molecule has 2 rings (SSSR count). The zero-order valence-electron chi connectivity index (χ0n) is 8.85. The topological polar surface area (TPSA) is 12.0 Å². The molecule has 1 N–H and O–H groups in total. The van der Waals surface area contributed by atoms with Gasteiger partial charge in [-0.15, -0.1) is 0 Å². The molecular weight excluding hydrogens is 232 g/mol. The van der Waals surface area contributed by atoms with Crippen LogP contribution in [0.5, 0.6) is 0 Å². The fraction of sp³-hybridized carbons (Fsp3) is 0.500. The first-order chi connectivity index (χ1) is 7.68. The molecule has 0 amide bonds. The molecule has 1 saturated heterocycles. The Bertz CT molecular complexity index is 362. The zero-order chi connectivity index (χ0) is 11.5. The van der Waals surface area contributed by atoms with Crippen LogP contribution in [0.15, 0.2) is 18.2 Å². The number of halogens is 3. The minimum absolute atomic E-state index is 0.0967. The summed E-state index contributed by atoms with van der Waals surface area (Å²) in [7, 11) is 0. The van der Waals surface area contributed by atoms with Crippen LogP contribution in [-0.4, -0.2) is 13.1 Å². The van der Waals surface area contributed by atoms with E-state index in [-0.39, 0.29) is 11.5 Å². The Morgan fingerprint density at radius 3 is 2.56 bits per heavy atom. The van der Waals surface area contributed by atoms with Crippen LogP contribution in [0.2, 0.25) is 5.02 Å². The van der Waals surface area contributed by atoms with Gasteiger partial charge in [-0.25, -0.2) is 8.78 Å². The summed E-state index contributed by atoms with van der Waals surface area (Å²) in [6, 6.07) is 4.84.